The van der Waals surface area contributed by atoms with Crippen LogP contribution in [0.4, 0.5) is 10.1 Å². The van der Waals surface area contributed by atoms with Gasteiger partial charge in [0.15, 0.2) is 0 Å². The van der Waals surface area contributed by atoms with Crippen LogP contribution in [0.1, 0.15) is 5.56 Å². The molecule has 7 heteroatoms. The second kappa shape index (κ2) is 8.31. The van der Waals surface area contributed by atoms with Gasteiger partial charge in [0.05, 0.1) is 31.3 Å². The molecule has 0 radical (unpaired) electrons. The molecule has 0 spiro atoms. The van der Waals surface area contributed by atoms with Crippen LogP contribution in [0.25, 0.3) is 0 Å². The number of rotatable bonds is 7. The maximum absolute atomic E-state index is 13.7. The first kappa shape index (κ1) is 19.7. The van der Waals surface area contributed by atoms with E-state index in [2.05, 4.69) is 0 Å². The molecule has 0 aliphatic heterocycles. The molecule has 0 N–H and O–H groups in total. The van der Waals surface area contributed by atoms with Gasteiger partial charge in [0.1, 0.15) is 17.3 Å². The zero-order valence-electron chi connectivity index (χ0n) is 15.5. The third-order valence-electron chi connectivity index (χ3n) is 4.17. The minimum atomic E-state index is -4.00. The molecule has 0 aliphatic rings. The molecule has 146 valence electrons. The lowest BCUT2D eigenvalue weighted by Crippen LogP contribution is -2.30. The molecule has 3 aromatic carbocycles. The van der Waals surface area contributed by atoms with Gasteiger partial charge in [0.2, 0.25) is 0 Å². The fraction of sp³-hybridized carbons (Fsp3) is 0.143. The van der Waals surface area contributed by atoms with E-state index in [9.17, 15) is 12.8 Å². The molecular formula is C21H20FNO4S. The lowest BCUT2D eigenvalue weighted by molar-refractivity contribution is 0.393. The molecule has 0 saturated heterocycles. The fourth-order valence-electron chi connectivity index (χ4n) is 2.79. The number of ether oxygens (including phenoxy) is 2. The maximum Gasteiger partial charge on any atom is 0.264 e. The van der Waals surface area contributed by atoms with Crippen molar-refractivity contribution in [1.29, 1.82) is 0 Å². The van der Waals surface area contributed by atoms with Crippen LogP contribution in [0.3, 0.4) is 0 Å². The van der Waals surface area contributed by atoms with E-state index in [1.165, 1.54) is 36.7 Å². The van der Waals surface area contributed by atoms with Gasteiger partial charge in [-0.1, -0.05) is 24.3 Å². The Balaban J connectivity index is 2.09. The highest BCUT2D eigenvalue weighted by molar-refractivity contribution is 7.92. The molecule has 3 rings (SSSR count). The first-order valence-corrected chi connectivity index (χ1v) is 9.93. The normalized spacial score (nSPS) is 11.1. The Morgan fingerprint density at radius 3 is 2.07 bits per heavy atom. The summed E-state index contributed by atoms with van der Waals surface area (Å²) in [6, 6.07) is 18.8. The topological polar surface area (TPSA) is 55.8 Å². The van der Waals surface area contributed by atoms with Crippen LogP contribution in [0, 0.1) is 5.82 Å². The molecule has 28 heavy (non-hydrogen) atoms. The fourth-order valence-corrected chi connectivity index (χ4v) is 4.27. The van der Waals surface area contributed by atoms with Crippen LogP contribution >= 0.6 is 0 Å². The van der Waals surface area contributed by atoms with Crippen LogP contribution < -0.4 is 13.8 Å². The first-order chi connectivity index (χ1) is 13.4. The lowest BCUT2D eigenvalue weighted by Gasteiger charge is -2.25. The summed E-state index contributed by atoms with van der Waals surface area (Å²) in [4.78, 5) is -0.119. The minimum Gasteiger partial charge on any atom is -0.497 e. The molecule has 0 unspecified atom stereocenters. The molecule has 5 nitrogen and oxygen atoms in total. The standard InChI is InChI=1S/C21H20FNO4S/c1-26-19-11-16(12-20(14-19)27-2)15-23(18-8-4-3-5-9-18)28(24,25)21-10-6-7-17(22)13-21/h3-14H,15H2,1-2H3. The van der Waals surface area contributed by atoms with Crippen molar-refractivity contribution in [2.45, 2.75) is 11.4 Å². The largest absolute Gasteiger partial charge is 0.497 e. The second-order valence-corrected chi connectivity index (χ2v) is 7.89. The summed E-state index contributed by atoms with van der Waals surface area (Å²) in [5.74, 6) is 0.480. The van der Waals surface area contributed by atoms with Gasteiger partial charge in [-0.3, -0.25) is 4.31 Å². The summed E-state index contributed by atoms with van der Waals surface area (Å²) in [6.45, 7) is 0.0242. The second-order valence-electron chi connectivity index (χ2n) is 6.03. The molecular weight excluding hydrogens is 381 g/mol. The van der Waals surface area contributed by atoms with Crippen molar-refractivity contribution >= 4 is 15.7 Å². The zero-order valence-corrected chi connectivity index (χ0v) is 16.3. The highest BCUT2D eigenvalue weighted by atomic mass is 32.2. The average molecular weight is 401 g/mol. The zero-order chi connectivity index (χ0) is 20.1. The molecule has 0 aliphatic carbocycles. The van der Waals surface area contributed by atoms with Gasteiger partial charge in [0.25, 0.3) is 10.0 Å². The highest BCUT2D eigenvalue weighted by Gasteiger charge is 2.26. The SMILES string of the molecule is COc1cc(CN(c2ccccc2)S(=O)(=O)c2cccc(F)c2)cc(OC)c1. The van der Waals surface area contributed by atoms with Crippen LogP contribution in [-0.2, 0) is 16.6 Å². The smallest absolute Gasteiger partial charge is 0.264 e. The predicted molar refractivity (Wildman–Crippen MR) is 106 cm³/mol. The number of sulfonamides is 1. The van der Waals surface area contributed by atoms with Crippen LogP contribution in [0.15, 0.2) is 77.7 Å². The summed E-state index contributed by atoms with van der Waals surface area (Å²) in [5, 5.41) is 0. The molecule has 0 saturated carbocycles. The number of methoxy groups -OCH3 is 2. The third kappa shape index (κ3) is 4.26. The van der Waals surface area contributed by atoms with Gasteiger partial charge in [-0.15, -0.1) is 0 Å². The number of anilines is 1. The summed E-state index contributed by atoms with van der Waals surface area (Å²) in [5.41, 5.74) is 1.13. The van der Waals surface area contributed by atoms with E-state index in [0.717, 1.165) is 6.07 Å². The number of nitrogens with zero attached hydrogens (tertiary/aromatic N) is 1. The van der Waals surface area contributed by atoms with Crippen LogP contribution in [0.2, 0.25) is 0 Å². The summed E-state index contributed by atoms with van der Waals surface area (Å²) in [7, 11) is -0.953. The molecule has 0 bridgehead atoms. The van der Waals surface area contributed by atoms with Crippen molar-refractivity contribution < 1.29 is 22.3 Å². The van der Waals surface area contributed by atoms with Gasteiger partial charge >= 0.3 is 0 Å². The van der Waals surface area contributed by atoms with Gasteiger partial charge in [-0.2, -0.15) is 0 Å². The lowest BCUT2D eigenvalue weighted by atomic mass is 10.2. The van der Waals surface area contributed by atoms with Crippen molar-refractivity contribution in [1.82, 2.24) is 0 Å². The van der Waals surface area contributed by atoms with E-state index in [1.54, 1.807) is 48.5 Å². The van der Waals surface area contributed by atoms with E-state index in [4.69, 9.17) is 9.47 Å². The first-order valence-electron chi connectivity index (χ1n) is 8.49. The number of halogens is 1. The van der Waals surface area contributed by atoms with Gasteiger partial charge in [0, 0.05) is 6.07 Å². The van der Waals surface area contributed by atoms with Crippen LogP contribution in [-0.4, -0.2) is 22.6 Å². The highest BCUT2D eigenvalue weighted by Crippen LogP contribution is 2.29. The van der Waals surface area contributed by atoms with E-state index in [0.29, 0.717) is 22.7 Å². The van der Waals surface area contributed by atoms with Crippen molar-refractivity contribution in [3.8, 4) is 11.5 Å². The van der Waals surface area contributed by atoms with Gasteiger partial charge in [-0.25, -0.2) is 12.8 Å². The van der Waals surface area contributed by atoms with E-state index in [1.807, 2.05) is 0 Å². The number of hydrogen-bond acceptors (Lipinski definition) is 4. The monoisotopic (exact) mass is 401 g/mol. The molecule has 0 heterocycles. The molecule has 0 aromatic heterocycles. The Morgan fingerprint density at radius 2 is 1.50 bits per heavy atom. The Bertz CT molecular complexity index is 1030. The number of hydrogen-bond donors (Lipinski definition) is 0. The van der Waals surface area contributed by atoms with E-state index >= 15 is 0 Å². The van der Waals surface area contributed by atoms with Crippen molar-refractivity contribution in [2.75, 3.05) is 18.5 Å². The molecule has 3 aromatic rings. The molecule has 0 atom stereocenters. The molecule has 0 fully saturated rings. The van der Waals surface area contributed by atoms with Crippen LogP contribution in [0.5, 0.6) is 11.5 Å². The minimum absolute atomic E-state index is 0.0242. The predicted octanol–water partition coefficient (Wildman–Crippen LogP) is 4.24. The maximum atomic E-state index is 13.7. The molecule has 0 amide bonds. The van der Waals surface area contributed by atoms with Crippen molar-refractivity contribution in [3.05, 3.63) is 84.2 Å². The van der Waals surface area contributed by atoms with E-state index in [-0.39, 0.29) is 11.4 Å². The number of para-hydroxylation sites is 1. The van der Waals surface area contributed by atoms with Gasteiger partial charge in [-0.05, 0) is 48.0 Å². The Kier molecular flexibility index (Phi) is 5.84. The average Bonchev–Trinajstić information content (AvgIpc) is 2.72. The third-order valence-corrected chi connectivity index (χ3v) is 5.94. The summed E-state index contributed by atoms with van der Waals surface area (Å²) in [6.07, 6.45) is 0. The Morgan fingerprint density at radius 1 is 0.857 bits per heavy atom. The van der Waals surface area contributed by atoms with Crippen molar-refractivity contribution in [2.24, 2.45) is 0 Å². The quantitative estimate of drug-likeness (QED) is 0.594. The Labute approximate surface area is 164 Å². The van der Waals surface area contributed by atoms with Crippen molar-refractivity contribution in [3.63, 3.8) is 0 Å². The Hall–Kier alpha value is -3.06. The van der Waals surface area contributed by atoms with E-state index < -0.39 is 15.8 Å². The van der Waals surface area contributed by atoms with Gasteiger partial charge < -0.3 is 9.47 Å². The summed E-state index contributed by atoms with van der Waals surface area (Å²) < 4.78 is 52.0. The summed E-state index contributed by atoms with van der Waals surface area (Å²) >= 11 is 0. The number of benzene rings is 3.